The third-order valence-electron chi connectivity index (χ3n) is 4.84. The molecule has 140 valence electrons. The van der Waals surface area contributed by atoms with Crippen molar-refractivity contribution < 1.29 is 14.7 Å². The molecule has 0 radical (unpaired) electrons. The highest BCUT2D eigenvalue weighted by Crippen LogP contribution is 2.40. The van der Waals surface area contributed by atoms with E-state index in [4.69, 9.17) is 11.6 Å². The molecule has 1 fully saturated rings. The lowest BCUT2D eigenvalue weighted by Crippen LogP contribution is -2.30. The molecule has 0 spiro atoms. The van der Waals surface area contributed by atoms with E-state index in [2.05, 4.69) is 0 Å². The number of Topliss-reactive ketones (excluding diaryl/α,β-unsaturated/α-hetero) is 1. The summed E-state index contributed by atoms with van der Waals surface area (Å²) in [5.74, 6) is -1.36. The van der Waals surface area contributed by atoms with Crippen LogP contribution in [0.4, 0.5) is 0 Å². The van der Waals surface area contributed by atoms with Crippen LogP contribution in [0.15, 0.2) is 48.0 Å². The molecule has 1 aliphatic heterocycles. The van der Waals surface area contributed by atoms with Gasteiger partial charge in [-0.2, -0.15) is 0 Å². The summed E-state index contributed by atoms with van der Waals surface area (Å²) in [6.07, 6.45) is 0.709. The van der Waals surface area contributed by atoms with E-state index < -0.39 is 17.7 Å². The second-order valence-electron chi connectivity index (χ2n) is 6.86. The van der Waals surface area contributed by atoms with Gasteiger partial charge in [-0.25, -0.2) is 0 Å². The second-order valence-corrected chi connectivity index (χ2v) is 7.30. The molecule has 2 aromatic carbocycles. The van der Waals surface area contributed by atoms with Crippen LogP contribution in [-0.2, 0) is 9.59 Å². The third kappa shape index (κ3) is 3.50. The van der Waals surface area contributed by atoms with Crippen molar-refractivity contribution in [3.63, 3.8) is 0 Å². The highest BCUT2D eigenvalue weighted by Gasteiger charge is 2.45. The Bertz CT molecular complexity index is 931. The predicted octanol–water partition coefficient (Wildman–Crippen LogP) is 4.79. The zero-order chi connectivity index (χ0) is 19.7. The van der Waals surface area contributed by atoms with Crippen LogP contribution in [0.1, 0.15) is 41.6 Å². The Balaban J connectivity index is 2.23. The van der Waals surface area contributed by atoms with Gasteiger partial charge in [-0.1, -0.05) is 48.4 Å². The number of aliphatic hydroxyl groups excluding tert-OH is 1. The Morgan fingerprint density at radius 2 is 1.78 bits per heavy atom. The normalized spacial score (nSPS) is 19.0. The van der Waals surface area contributed by atoms with Crippen molar-refractivity contribution in [2.75, 3.05) is 6.54 Å². The quantitative estimate of drug-likeness (QED) is 0.469. The van der Waals surface area contributed by atoms with Crippen LogP contribution in [-0.4, -0.2) is 28.2 Å². The Morgan fingerprint density at radius 3 is 2.41 bits per heavy atom. The van der Waals surface area contributed by atoms with Crippen molar-refractivity contribution in [1.82, 2.24) is 4.90 Å². The highest BCUT2D eigenvalue weighted by atomic mass is 35.5. The summed E-state index contributed by atoms with van der Waals surface area (Å²) in [6, 6.07) is 12.1. The molecule has 3 rings (SSSR count). The first kappa shape index (κ1) is 19.2. The number of halogens is 1. The largest absolute Gasteiger partial charge is 0.507 e. The maximum Gasteiger partial charge on any atom is 0.295 e. The minimum atomic E-state index is -0.651. The first-order valence-corrected chi connectivity index (χ1v) is 9.34. The van der Waals surface area contributed by atoms with Gasteiger partial charge in [0.1, 0.15) is 5.76 Å². The van der Waals surface area contributed by atoms with Gasteiger partial charge in [0.25, 0.3) is 11.7 Å². The molecule has 0 aliphatic carbocycles. The van der Waals surface area contributed by atoms with Crippen molar-refractivity contribution >= 4 is 29.1 Å². The number of rotatable bonds is 4. The van der Waals surface area contributed by atoms with E-state index >= 15 is 0 Å². The zero-order valence-electron chi connectivity index (χ0n) is 15.6. The number of hydrogen-bond donors (Lipinski definition) is 1. The number of hydrogen-bond acceptors (Lipinski definition) is 3. The van der Waals surface area contributed by atoms with Crippen LogP contribution in [0.3, 0.4) is 0 Å². The monoisotopic (exact) mass is 383 g/mol. The molecular weight excluding hydrogens is 362 g/mol. The summed E-state index contributed by atoms with van der Waals surface area (Å²) in [5.41, 5.74) is 3.26. The number of ketones is 1. The van der Waals surface area contributed by atoms with Crippen molar-refractivity contribution in [2.24, 2.45) is 0 Å². The predicted molar refractivity (Wildman–Crippen MR) is 107 cm³/mol. The minimum absolute atomic E-state index is 0.129. The van der Waals surface area contributed by atoms with Gasteiger partial charge >= 0.3 is 0 Å². The van der Waals surface area contributed by atoms with Crippen LogP contribution in [0.5, 0.6) is 0 Å². The van der Waals surface area contributed by atoms with E-state index in [9.17, 15) is 14.7 Å². The molecule has 0 aromatic heterocycles. The number of benzene rings is 2. The lowest BCUT2D eigenvalue weighted by molar-refractivity contribution is -0.139. The fourth-order valence-electron chi connectivity index (χ4n) is 3.48. The van der Waals surface area contributed by atoms with E-state index in [0.717, 1.165) is 16.7 Å². The van der Waals surface area contributed by atoms with Gasteiger partial charge < -0.3 is 10.0 Å². The number of amides is 1. The first-order valence-electron chi connectivity index (χ1n) is 8.96. The summed E-state index contributed by atoms with van der Waals surface area (Å²) in [4.78, 5) is 27.0. The van der Waals surface area contributed by atoms with Gasteiger partial charge in [-0.3, -0.25) is 9.59 Å². The van der Waals surface area contributed by atoms with Gasteiger partial charge in [0.05, 0.1) is 11.6 Å². The zero-order valence-corrected chi connectivity index (χ0v) is 16.4. The van der Waals surface area contributed by atoms with Crippen LogP contribution in [0, 0.1) is 13.8 Å². The van der Waals surface area contributed by atoms with Crippen molar-refractivity contribution in [2.45, 2.75) is 33.2 Å². The number of carbonyl (C=O) groups is 2. The Morgan fingerprint density at radius 1 is 1.11 bits per heavy atom. The molecule has 0 saturated carbocycles. The van der Waals surface area contributed by atoms with Crippen molar-refractivity contribution in [3.05, 3.63) is 75.3 Å². The summed E-state index contributed by atoms with van der Waals surface area (Å²) >= 11 is 6.00. The van der Waals surface area contributed by atoms with Gasteiger partial charge in [-0.15, -0.1) is 0 Å². The molecule has 0 bridgehead atoms. The number of carbonyl (C=O) groups excluding carboxylic acids is 2. The molecule has 27 heavy (non-hydrogen) atoms. The van der Waals surface area contributed by atoms with Crippen LogP contribution < -0.4 is 0 Å². The van der Waals surface area contributed by atoms with Gasteiger partial charge in [0.2, 0.25) is 0 Å². The molecule has 1 unspecified atom stereocenters. The fraction of sp³-hybridized carbons (Fsp3) is 0.273. The average Bonchev–Trinajstić information content (AvgIpc) is 2.89. The Labute approximate surface area is 164 Å². The van der Waals surface area contributed by atoms with Crippen molar-refractivity contribution in [3.8, 4) is 0 Å². The van der Waals surface area contributed by atoms with Gasteiger partial charge in [-0.05, 0) is 49.6 Å². The van der Waals surface area contributed by atoms with Gasteiger partial charge in [0.15, 0.2) is 0 Å². The molecule has 1 amide bonds. The highest BCUT2D eigenvalue weighted by molar-refractivity contribution is 6.46. The number of nitrogens with zero attached hydrogens (tertiary/aromatic N) is 1. The first-order chi connectivity index (χ1) is 12.8. The minimum Gasteiger partial charge on any atom is -0.507 e. The second kappa shape index (κ2) is 7.57. The van der Waals surface area contributed by atoms with Crippen LogP contribution >= 0.6 is 11.6 Å². The summed E-state index contributed by atoms with van der Waals surface area (Å²) in [7, 11) is 0. The maximum absolute atomic E-state index is 12.8. The smallest absolute Gasteiger partial charge is 0.295 e. The van der Waals surface area contributed by atoms with Gasteiger partial charge in [0, 0.05) is 17.1 Å². The standard InChI is InChI=1S/C22H22ClNO3/c1-4-11-24-19(15-7-9-16(23)10-8-15)18(21(26)22(24)27)20(25)17-12-13(2)5-6-14(17)3/h5-10,12,19,25H,4,11H2,1-3H3/b20-18+. The maximum atomic E-state index is 12.8. The lowest BCUT2D eigenvalue weighted by Gasteiger charge is -2.25. The summed E-state index contributed by atoms with van der Waals surface area (Å²) in [5, 5.41) is 11.6. The molecule has 4 nitrogen and oxygen atoms in total. The van der Waals surface area contributed by atoms with E-state index in [1.54, 1.807) is 24.3 Å². The summed E-state index contributed by atoms with van der Waals surface area (Å²) < 4.78 is 0. The van der Waals surface area contributed by atoms with E-state index in [1.165, 1.54) is 4.90 Å². The number of likely N-dealkylation sites (tertiary alicyclic amines) is 1. The topological polar surface area (TPSA) is 57.6 Å². The molecule has 1 atom stereocenters. The Kier molecular flexibility index (Phi) is 5.38. The summed E-state index contributed by atoms with van der Waals surface area (Å²) in [6.45, 7) is 6.17. The third-order valence-corrected chi connectivity index (χ3v) is 5.09. The number of aliphatic hydroxyl groups is 1. The molecular formula is C22H22ClNO3. The molecule has 2 aromatic rings. The SMILES string of the molecule is CCCN1C(=O)C(=O)/C(=C(/O)c2cc(C)ccc2C)C1c1ccc(Cl)cc1. The van der Waals surface area contributed by atoms with E-state index in [-0.39, 0.29) is 11.3 Å². The molecule has 1 heterocycles. The van der Waals surface area contributed by atoms with Crippen LogP contribution in [0.25, 0.3) is 5.76 Å². The Hall–Kier alpha value is -2.59. The number of aryl methyl sites for hydroxylation is 2. The molecule has 1 aliphatic rings. The molecule has 1 saturated heterocycles. The molecule has 5 heteroatoms. The molecule has 1 N–H and O–H groups in total. The average molecular weight is 384 g/mol. The van der Waals surface area contributed by atoms with E-state index in [0.29, 0.717) is 23.6 Å². The lowest BCUT2D eigenvalue weighted by atomic mass is 9.93. The van der Waals surface area contributed by atoms with E-state index in [1.807, 2.05) is 39.0 Å². The fourth-order valence-corrected chi connectivity index (χ4v) is 3.61. The van der Waals surface area contributed by atoms with Crippen molar-refractivity contribution in [1.29, 1.82) is 0 Å². The van der Waals surface area contributed by atoms with Crippen LogP contribution in [0.2, 0.25) is 5.02 Å².